The van der Waals surface area contributed by atoms with Gasteiger partial charge < -0.3 is 20.5 Å². The molecule has 0 aliphatic carbocycles. The predicted octanol–water partition coefficient (Wildman–Crippen LogP) is 2.40. The third kappa shape index (κ3) is 5.50. The van der Waals surface area contributed by atoms with Crippen molar-refractivity contribution in [3.63, 3.8) is 0 Å². The number of nitrogens with two attached hydrogens (primary N) is 1. The molecule has 0 saturated heterocycles. The van der Waals surface area contributed by atoms with Gasteiger partial charge in [-0.05, 0) is 52.7 Å². The summed E-state index contributed by atoms with van der Waals surface area (Å²) in [6.45, 7) is 3.49. The maximum Gasteiger partial charge on any atom is 0.255 e. The van der Waals surface area contributed by atoms with Crippen molar-refractivity contribution in [2.45, 2.75) is 20.0 Å². The Morgan fingerprint density at radius 2 is 2.12 bits per heavy atom. The number of nitrogens with one attached hydrogen (secondary N) is 1. The van der Waals surface area contributed by atoms with E-state index in [9.17, 15) is 4.79 Å². The lowest BCUT2D eigenvalue weighted by Gasteiger charge is -2.15. The van der Waals surface area contributed by atoms with Crippen LogP contribution in [-0.4, -0.2) is 24.1 Å². The Bertz CT molecular complexity index is 680. The summed E-state index contributed by atoms with van der Waals surface area (Å²) >= 11 is 3.46. The average Bonchev–Trinajstić information content (AvgIpc) is 2.55. The molecule has 0 radical (unpaired) electrons. The van der Waals surface area contributed by atoms with Crippen LogP contribution in [0.2, 0.25) is 0 Å². The second kappa shape index (κ2) is 9.24. The molecule has 0 aliphatic rings. The lowest BCUT2D eigenvalue weighted by atomic mass is 10.2. The molecule has 0 saturated carbocycles. The van der Waals surface area contributed by atoms with E-state index in [-0.39, 0.29) is 6.61 Å². The Hall–Kier alpha value is -2.12. The minimum atomic E-state index is -0.537. The molecule has 6 nitrogen and oxygen atoms in total. The van der Waals surface area contributed by atoms with Gasteiger partial charge in [-0.15, -0.1) is 0 Å². The Morgan fingerprint density at radius 3 is 2.79 bits per heavy atom. The Balaban J connectivity index is 2.05. The van der Waals surface area contributed by atoms with E-state index in [4.69, 9.17) is 15.2 Å². The molecule has 0 bridgehead atoms. The van der Waals surface area contributed by atoms with Crippen molar-refractivity contribution in [1.29, 1.82) is 0 Å². The zero-order chi connectivity index (χ0) is 17.4. The van der Waals surface area contributed by atoms with Crippen LogP contribution in [0.1, 0.15) is 18.2 Å². The van der Waals surface area contributed by atoms with Crippen molar-refractivity contribution in [2.24, 2.45) is 5.73 Å². The lowest BCUT2D eigenvalue weighted by molar-refractivity contribution is -0.119. The van der Waals surface area contributed by atoms with Crippen molar-refractivity contribution >= 4 is 21.8 Å². The topological polar surface area (TPSA) is 86.5 Å². The van der Waals surface area contributed by atoms with Crippen LogP contribution in [0.4, 0.5) is 0 Å². The summed E-state index contributed by atoms with van der Waals surface area (Å²) in [6.07, 6.45) is 1.77. The number of aromatic nitrogens is 1. The fourth-order valence-electron chi connectivity index (χ4n) is 2.11. The van der Waals surface area contributed by atoms with Gasteiger partial charge in [0.25, 0.3) is 5.91 Å². The van der Waals surface area contributed by atoms with E-state index in [1.807, 2.05) is 37.3 Å². The number of amides is 1. The monoisotopic (exact) mass is 393 g/mol. The molecule has 128 valence electrons. The van der Waals surface area contributed by atoms with Crippen LogP contribution in [-0.2, 0) is 17.9 Å². The number of carbonyl (C=O) groups excluding carboxylic acids is 1. The molecule has 1 aromatic heterocycles. The number of nitrogens with zero attached hydrogens (tertiary/aromatic N) is 1. The molecule has 0 fully saturated rings. The number of primary amides is 1. The van der Waals surface area contributed by atoms with Gasteiger partial charge in [0.2, 0.25) is 0 Å². The summed E-state index contributed by atoms with van der Waals surface area (Å²) in [5, 5.41) is 3.33. The molecule has 0 spiro atoms. The molecule has 0 atom stereocenters. The highest BCUT2D eigenvalue weighted by Crippen LogP contribution is 2.36. The van der Waals surface area contributed by atoms with Crippen LogP contribution >= 0.6 is 15.9 Å². The fraction of sp³-hybridized carbons (Fsp3) is 0.294. The molecule has 2 aromatic rings. The van der Waals surface area contributed by atoms with Crippen LogP contribution in [0, 0.1) is 0 Å². The first kappa shape index (κ1) is 18.2. The van der Waals surface area contributed by atoms with Gasteiger partial charge in [-0.3, -0.25) is 9.78 Å². The van der Waals surface area contributed by atoms with Gasteiger partial charge in [0.15, 0.2) is 18.1 Å². The summed E-state index contributed by atoms with van der Waals surface area (Å²) in [5.74, 6) is 0.511. The number of pyridine rings is 1. The van der Waals surface area contributed by atoms with Crippen molar-refractivity contribution in [3.8, 4) is 11.5 Å². The van der Waals surface area contributed by atoms with Crippen molar-refractivity contribution in [1.82, 2.24) is 10.3 Å². The molecule has 1 heterocycles. The maximum atomic E-state index is 10.9. The van der Waals surface area contributed by atoms with E-state index in [1.54, 1.807) is 6.20 Å². The van der Waals surface area contributed by atoms with Crippen molar-refractivity contribution in [3.05, 3.63) is 52.3 Å². The average molecular weight is 394 g/mol. The van der Waals surface area contributed by atoms with Crippen LogP contribution in [0.15, 0.2) is 41.0 Å². The molecule has 7 heteroatoms. The summed E-state index contributed by atoms with van der Waals surface area (Å²) in [7, 11) is 0. The first-order chi connectivity index (χ1) is 11.6. The Labute approximate surface area is 149 Å². The van der Waals surface area contributed by atoms with Gasteiger partial charge in [-0.25, -0.2) is 0 Å². The minimum Gasteiger partial charge on any atom is -0.490 e. The molecular formula is C17H20BrN3O3. The number of hydrogen-bond donors (Lipinski definition) is 2. The number of rotatable bonds is 9. The number of hydrogen-bond acceptors (Lipinski definition) is 5. The SMILES string of the molecule is CCOc1cc(CNCc2ccccn2)cc(Br)c1OCC(N)=O. The summed E-state index contributed by atoms with van der Waals surface area (Å²) in [4.78, 5) is 15.2. The van der Waals surface area contributed by atoms with Crippen LogP contribution < -0.4 is 20.5 Å². The zero-order valence-electron chi connectivity index (χ0n) is 13.4. The third-order valence-corrected chi connectivity index (χ3v) is 3.68. The van der Waals surface area contributed by atoms with Gasteiger partial charge >= 0.3 is 0 Å². The summed E-state index contributed by atoms with van der Waals surface area (Å²) in [5.41, 5.74) is 7.13. The van der Waals surface area contributed by atoms with E-state index in [1.165, 1.54) is 0 Å². The Morgan fingerprint density at radius 1 is 1.29 bits per heavy atom. The first-order valence-corrected chi connectivity index (χ1v) is 8.36. The highest BCUT2D eigenvalue weighted by molar-refractivity contribution is 9.10. The third-order valence-electron chi connectivity index (χ3n) is 3.09. The molecule has 1 aromatic carbocycles. The van der Waals surface area contributed by atoms with Crippen molar-refractivity contribution in [2.75, 3.05) is 13.2 Å². The van der Waals surface area contributed by atoms with Crippen LogP contribution in [0.3, 0.4) is 0 Å². The normalized spacial score (nSPS) is 10.4. The van der Waals surface area contributed by atoms with E-state index in [2.05, 4.69) is 26.2 Å². The maximum absolute atomic E-state index is 10.9. The molecule has 1 amide bonds. The summed E-state index contributed by atoms with van der Waals surface area (Å²) in [6, 6.07) is 9.62. The smallest absolute Gasteiger partial charge is 0.255 e. The number of ether oxygens (including phenoxy) is 2. The minimum absolute atomic E-state index is 0.198. The van der Waals surface area contributed by atoms with Crippen LogP contribution in [0.25, 0.3) is 0 Å². The first-order valence-electron chi connectivity index (χ1n) is 7.57. The van der Waals surface area contributed by atoms with Gasteiger partial charge in [-0.2, -0.15) is 0 Å². The van der Waals surface area contributed by atoms with Gasteiger partial charge in [0, 0.05) is 19.3 Å². The highest BCUT2D eigenvalue weighted by atomic mass is 79.9. The number of carbonyl (C=O) groups is 1. The van der Waals surface area contributed by atoms with E-state index < -0.39 is 5.91 Å². The van der Waals surface area contributed by atoms with Gasteiger partial charge in [0.05, 0.1) is 16.8 Å². The van der Waals surface area contributed by atoms with E-state index in [0.717, 1.165) is 11.3 Å². The predicted molar refractivity (Wildman–Crippen MR) is 94.8 cm³/mol. The van der Waals surface area contributed by atoms with Gasteiger partial charge in [-0.1, -0.05) is 6.07 Å². The molecule has 0 unspecified atom stereocenters. The molecular weight excluding hydrogens is 374 g/mol. The Kier molecular flexibility index (Phi) is 7.02. The number of benzene rings is 1. The number of halogens is 1. The molecule has 2 rings (SSSR count). The fourth-order valence-corrected chi connectivity index (χ4v) is 2.71. The van der Waals surface area contributed by atoms with E-state index >= 15 is 0 Å². The quantitative estimate of drug-likeness (QED) is 0.682. The standard InChI is InChI=1S/C17H20BrN3O3/c1-2-23-15-8-12(7-14(18)17(15)24-11-16(19)22)9-20-10-13-5-3-4-6-21-13/h3-8,20H,2,9-11H2,1H3,(H2,19,22). The second-order valence-electron chi connectivity index (χ2n) is 5.02. The van der Waals surface area contributed by atoms with E-state index in [0.29, 0.717) is 35.7 Å². The zero-order valence-corrected chi connectivity index (χ0v) is 15.0. The van der Waals surface area contributed by atoms with Crippen LogP contribution in [0.5, 0.6) is 11.5 Å². The highest BCUT2D eigenvalue weighted by Gasteiger charge is 2.13. The van der Waals surface area contributed by atoms with Gasteiger partial charge in [0.1, 0.15) is 0 Å². The molecule has 24 heavy (non-hydrogen) atoms. The molecule has 0 aliphatic heterocycles. The lowest BCUT2D eigenvalue weighted by Crippen LogP contribution is -2.20. The summed E-state index contributed by atoms with van der Waals surface area (Å²) < 4.78 is 11.8. The molecule has 3 N–H and O–H groups in total. The second-order valence-corrected chi connectivity index (χ2v) is 5.87. The largest absolute Gasteiger partial charge is 0.490 e. The van der Waals surface area contributed by atoms with Crippen molar-refractivity contribution < 1.29 is 14.3 Å².